The predicted octanol–water partition coefficient (Wildman–Crippen LogP) is 4.05. The summed E-state index contributed by atoms with van der Waals surface area (Å²) in [6.07, 6.45) is -4.03. The summed E-state index contributed by atoms with van der Waals surface area (Å²) in [7, 11) is 0. The Morgan fingerprint density at radius 2 is 1.90 bits per heavy atom. The smallest absolute Gasteiger partial charge is 0.406 e. The van der Waals surface area contributed by atoms with E-state index < -0.39 is 6.36 Å². The third kappa shape index (κ3) is 5.93. The summed E-state index contributed by atoms with van der Waals surface area (Å²) in [4.78, 5) is 0. The molecule has 0 aliphatic carbocycles. The van der Waals surface area contributed by atoms with E-state index in [2.05, 4.69) is 10.1 Å². The molecule has 1 aromatic carbocycles. The van der Waals surface area contributed by atoms with E-state index in [0.29, 0.717) is 13.2 Å². The molecule has 1 rings (SSSR count). The van der Waals surface area contributed by atoms with Crippen molar-refractivity contribution in [3.8, 4) is 5.75 Å². The van der Waals surface area contributed by atoms with E-state index >= 15 is 0 Å². The average molecular weight is 305 g/mol. The normalized spacial score (nSPS) is 14.8. The molecule has 0 bridgehead atoms. The number of hydrogen-bond donors (Lipinski definition) is 1. The second-order valence-electron chi connectivity index (χ2n) is 4.56. The molecular weight excluding hydrogens is 283 g/mol. The molecule has 3 nitrogen and oxygen atoms in total. The van der Waals surface area contributed by atoms with Crippen LogP contribution in [0.5, 0.6) is 5.75 Å². The lowest BCUT2D eigenvalue weighted by Crippen LogP contribution is -2.33. The second-order valence-corrected chi connectivity index (χ2v) is 4.56. The molecule has 2 unspecified atom stereocenters. The van der Waals surface area contributed by atoms with Crippen LogP contribution in [-0.4, -0.2) is 25.6 Å². The van der Waals surface area contributed by atoms with Crippen molar-refractivity contribution < 1.29 is 22.6 Å². The quantitative estimate of drug-likeness (QED) is 0.786. The maximum absolute atomic E-state index is 12.3. The fraction of sp³-hybridized carbons (Fsp3) is 0.600. The van der Waals surface area contributed by atoms with Gasteiger partial charge in [-0.25, -0.2) is 0 Å². The van der Waals surface area contributed by atoms with E-state index in [4.69, 9.17) is 4.74 Å². The largest absolute Gasteiger partial charge is 0.573 e. The molecule has 1 N–H and O–H groups in total. The van der Waals surface area contributed by atoms with Crippen LogP contribution in [0.2, 0.25) is 0 Å². The lowest BCUT2D eigenvalue weighted by atomic mass is 9.99. The van der Waals surface area contributed by atoms with Crippen LogP contribution in [0.1, 0.15) is 38.8 Å². The van der Waals surface area contributed by atoms with E-state index in [1.165, 1.54) is 12.1 Å². The number of nitrogens with one attached hydrogen (secondary N) is 1. The van der Waals surface area contributed by atoms with Crippen LogP contribution >= 0.6 is 0 Å². The van der Waals surface area contributed by atoms with Crippen molar-refractivity contribution in [1.82, 2.24) is 5.32 Å². The van der Waals surface area contributed by atoms with Gasteiger partial charge in [-0.1, -0.05) is 26.0 Å². The van der Waals surface area contributed by atoms with E-state index in [-0.39, 0.29) is 17.9 Å². The third-order valence-corrected chi connectivity index (χ3v) is 3.03. The minimum Gasteiger partial charge on any atom is -0.406 e. The van der Waals surface area contributed by atoms with Crippen molar-refractivity contribution >= 4 is 0 Å². The van der Waals surface area contributed by atoms with Crippen LogP contribution in [0.3, 0.4) is 0 Å². The molecular formula is C15H22F3NO2. The van der Waals surface area contributed by atoms with Crippen molar-refractivity contribution in [2.75, 3.05) is 13.2 Å². The van der Waals surface area contributed by atoms with Crippen molar-refractivity contribution in [2.45, 2.75) is 45.7 Å². The van der Waals surface area contributed by atoms with Crippen LogP contribution in [0.15, 0.2) is 24.3 Å². The number of rotatable bonds is 8. The zero-order valence-electron chi connectivity index (χ0n) is 12.5. The Hall–Kier alpha value is -1.27. The highest BCUT2D eigenvalue weighted by Crippen LogP contribution is 2.28. The van der Waals surface area contributed by atoms with Gasteiger partial charge >= 0.3 is 6.36 Å². The number of alkyl halides is 3. The van der Waals surface area contributed by atoms with Crippen molar-refractivity contribution in [1.29, 1.82) is 0 Å². The first kappa shape index (κ1) is 17.8. The zero-order valence-corrected chi connectivity index (χ0v) is 12.5. The fourth-order valence-corrected chi connectivity index (χ4v) is 2.25. The summed E-state index contributed by atoms with van der Waals surface area (Å²) in [6.45, 7) is 7.08. The Bertz CT molecular complexity index is 424. The highest BCUT2D eigenvalue weighted by atomic mass is 19.4. The van der Waals surface area contributed by atoms with Gasteiger partial charge in [-0.3, -0.25) is 0 Å². The fourth-order valence-electron chi connectivity index (χ4n) is 2.25. The van der Waals surface area contributed by atoms with Crippen molar-refractivity contribution in [3.05, 3.63) is 29.8 Å². The molecule has 0 saturated heterocycles. The van der Waals surface area contributed by atoms with Gasteiger partial charge in [0.2, 0.25) is 0 Å². The lowest BCUT2D eigenvalue weighted by Gasteiger charge is -2.27. The van der Waals surface area contributed by atoms with Crippen molar-refractivity contribution in [2.24, 2.45) is 0 Å². The molecule has 0 saturated carbocycles. The topological polar surface area (TPSA) is 30.5 Å². The minimum atomic E-state index is -4.68. The lowest BCUT2D eigenvalue weighted by molar-refractivity contribution is -0.274. The summed E-state index contributed by atoms with van der Waals surface area (Å²) in [6, 6.07) is 5.86. The van der Waals surface area contributed by atoms with Gasteiger partial charge in [-0.2, -0.15) is 0 Å². The maximum atomic E-state index is 12.3. The molecule has 6 heteroatoms. The summed E-state index contributed by atoms with van der Waals surface area (Å²) < 4.78 is 46.6. The summed E-state index contributed by atoms with van der Waals surface area (Å²) in [5.74, 6) is -0.214. The molecule has 0 heterocycles. The molecule has 0 aliphatic rings. The van der Waals surface area contributed by atoms with E-state index in [1.807, 2.05) is 20.8 Å². The number of likely N-dealkylation sites (N-methyl/N-ethyl adjacent to an activating group) is 1. The molecule has 120 valence electrons. The molecule has 1 aromatic rings. The van der Waals surface area contributed by atoms with E-state index in [1.54, 1.807) is 12.1 Å². The summed E-state index contributed by atoms with van der Waals surface area (Å²) in [5, 5.41) is 3.26. The summed E-state index contributed by atoms with van der Waals surface area (Å²) in [5.41, 5.74) is 0.721. The molecule has 0 radical (unpaired) electrons. The van der Waals surface area contributed by atoms with Gasteiger partial charge in [0.1, 0.15) is 5.75 Å². The molecule has 0 spiro atoms. The average Bonchev–Trinajstić information content (AvgIpc) is 2.41. The van der Waals surface area contributed by atoms with Gasteiger partial charge in [0.25, 0.3) is 0 Å². The number of benzene rings is 1. The molecule has 0 fully saturated rings. The SMILES string of the molecule is CCNC(c1cccc(OC(F)(F)F)c1)C(CC)OCC. The van der Waals surface area contributed by atoms with Gasteiger partial charge in [-0.15, -0.1) is 13.2 Å². The van der Waals surface area contributed by atoms with Gasteiger partial charge in [0.05, 0.1) is 12.1 Å². The van der Waals surface area contributed by atoms with Crippen LogP contribution in [-0.2, 0) is 4.74 Å². The van der Waals surface area contributed by atoms with Gasteiger partial charge < -0.3 is 14.8 Å². The monoisotopic (exact) mass is 305 g/mol. The Labute approximate surface area is 123 Å². The van der Waals surface area contributed by atoms with Gasteiger partial charge in [0.15, 0.2) is 0 Å². The standard InChI is InChI=1S/C15H22F3NO2/c1-4-13(20-6-3)14(19-5-2)11-8-7-9-12(10-11)21-15(16,17)18/h7-10,13-14,19H,4-6H2,1-3H3. The first-order chi connectivity index (χ1) is 9.91. The Morgan fingerprint density at radius 3 is 2.43 bits per heavy atom. The molecule has 2 atom stereocenters. The number of ether oxygens (including phenoxy) is 2. The highest BCUT2D eigenvalue weighted by Gasteiger charge is 2.31. The Kier molecular flexibility index (Phi) is 6.98. The third-order valence-electron chi connectivity index (χ3n) is 3.03. The Balaban J connectivity index is 2.99. The molecule has 0 aromatic heterocycles. The number of halogens is 3. The van der Waals surface area contributed by atoms with Crippen LogP contribution in [0.25, 0.3) is 0 Å². The van der Waals surface area contributed by atoms with Gasteiger partial charge in [-0.05, 0) is 37.6 Å². The van der Waals surface area contributed by atoms with Gasteiger partial charge in [0, 0.05) is 6.61 Å². The predicted molar refractivity (Wildman–Crippen MR) is 75.2 cm³/mol. The van der Waals surface area contributed by atoms with Crippen LogP contribution in [0, 0.1) is 0 Å². The minimum absolute atomic E-state index is 0.101. The highest BCUT2D eigenvalue weighted by molar-refractivity contribution is 5.31. The van der Waals surface area contributed by atoms with E-state index in [9.17, 15) is 13.2 Å². The first-order valence-electron chi connectivity index (χ1n) is 7.11. The molecule has 0 amide bonds. The summed E-state index contributed by atoms with van der Waals surface area (Å²) >= 11 is 0. The first-order valence-corrected chi connectivity index (χ1v) is 7.11. The molecule has 0 aliphatic heterocycles. The zero-order chi connectivity index (χ0) is 15.9. The van der Waals surface area contributed by atoms with Crippen molar-refractivity contribution in [3.63, 3.8) is 0 Å². The second kappa shape index (κ2) is 8.24. The van der Waals surface area contributed by atoms with Crippen LogP contribution < -0.4 is 10.1 Å². The molecule has 21 heavy (non-hydrogen) atoms. The maximum Gasteiger partial charge on any atom is 0.573 e. The van der Waals surface area contributed by atoms with Crippen LogP contribution in [0.4, 0.5) is 13.2 Å². The Morgan fingerprint density at radius 1 is 1.19 bits per heavy atom. The van der Waals surface area contributed by atoms with E-state index in [0.717, 1.165) is 12.0 Å². The number of hydrogen-bond acceptors (Lipinski definition) is 3.